The zero-order chi connectivity index (χ0) is 13.1. The Morgan fingerprint density at radius 2 is 1.94 bits per heavy atom. The SMILES string of the molecule is CC(C)(C)C(=O)Oc1cccc(C(=O)CN)c1. The van der Waals surface area contributed by atoms with E-state index in [1.165, 1.54) is 6.07 Å². The molecule has 1 aromatic rings. The van der Waals surface area contributed by atoms with E-state index in [9.17, 15) is 9.59 Å². The summed E-state index contributed by atoms with van der Waals surface area (Å²) in [6, 6.07) is 6.47. The minimum atomic E-state index is -0.576. The molecule has 0 aromatic heterocycles. The summed E-state index contributed by atoms with van der Waals surface area (Å²) in [6.45, 7) is 5.25. The van der Waals surface area contributed by atoms with Crippen LogP contribution in [0.2, 0.25) is 0 Å². The predicted molar refractivity (Wildman–Crippen MR) is 64.9 cm³/mol. The Hall–Kier alpha value is -1.68. The van der Waals surface area contributed by atoms with Gasteiger partial charge in [-0.2, -0.15) is 0 Å². The van der Waals surface area contributed by atoms with Gasteiger partial charge in [0.15, 0.2) is 5.78 Å². The Bertz CT molecular complexity index is 433. The molecule has 92 valence electrons. The lowest BCUT2D eigenvalue weighted by Crippen LogP contribution is -2.25. The summed E-state index contributed by atoms with van der Waals surface area (Å²) in [6.07, 6.45) is 0. The molecule has 0 radical (unpaired) electrons. The molecule has 4 nitrogen and oxygen atoms in total. The van der Waals surface area contributed by atoms with E-state index >= 15 is 0 Å². The van der Waals surface area contributed by atoms with Gasteiger partial charge < -0.3 is 10.5 Å². The largest absolute Gasteiger partial charge is 0.426 e. The molecule has 0 aliphatic heterocycles. The number of ether oxygens (including phenoxy) is 1. The van der Waals surface area contributed by atoms with Crippen molar-refractivity contribution in [2.75, 3.05) is 6.54 Å². The summed E-state index contributed by atoms with van der Waals surface area (Å²) in [5, 5.41) is 0. The van der Waals surface area contributed by atoms with Gasteiger partial charge in [0, 0.05) is 5.56 Å². The van der Waals surface area contributed by atoms with Gasteiger partial charge in [-0.3, -0.25) is 9.59 Å². The van der Waals surface area contributed by atoms with Crippen LogP contribution in [0.4, 0.5) is 0 Å². The van der Waals surface area contributed by atoms with E-state index < -0.39 is 5.41 Å². The van der Waals surface area contributed by atoms with Gasteiger partial charge in [0.1, 0.15) is 5.75 Å². The van der Waals surface area contributed by atoms with Gasteiger partial charge in [0.25, 0.3) is 0 Å². The van der Waals surface area contributed by atoms with Gasteiger partial charge in [0.05, 0.1) is 12.0 Å². The lowest BCUT2D eigenvalue weighted by molar-refractivity contribution is -0.143. The van der Waals surface area contributed by atoms with E-state index in [2.05, 4.69) is 0 Å². The smallest absolute Gasteiger partial charge is 0.316 e. The molecule has 0 spiro atoms. The molecule has 2 N–H and O–H groups in total. The summed E-state index contributed by atoms with van der Waals surface area (Å²) in [7, 11) is 0. The quantitative estimate of drug-likeness (QED) is 0.492. The third kappa shape index (κ3) is 3.67. The number of nitrogens with two attached hydrogens (primary N) is 1. The zero-order valence-corrected chi connectivity index (χ0v) is 10.3. The molecule has 0 saturated heterocycles. The van der Waals surface area contributed by atoms with Gasteiger partial charge in [-0.1, -0.05) is 12.1 Å². The monoisotopic (exact) mass is 235 g/mol. The van der Waals surface area contributed by atoms with Crippen LogP contribution in [0.5, 0.6) is 5.75 Å². The highest BCUT2D eigenvalue weighted by Crippen LogP contribution is 2.20. The number of hydrogen-bond donors (Lipinski definition) is 1. The van der Waals surface area contributed by atoms with Crippen molar-refractivity contribution in [3.05, 3.63) is 29.8 Å². The van der Waals surface area contributed by atoms with E-state index in [0.717, 1.165) is 0 Å². The minimum absolute atomic E-state index is 0.0589. The maximum atomic E-state index is 11.7. The summed E-state index contributed by atoms with van der Waals surface area (Å²) in [5.41, 5.74) is 5.14. The number of carbonyl (C=O) groups is 2. The highest BCUT2D eigenvalue weighted by Gasteiger charge is 2.23. The molecular weight excluding hydrogens is 218 g/mol. The van der Waals surface area contributed by atoms with E-state index in [4.69, 9.17) is 10.5 Å². The van der Waals surface area contributed by atoms with E-state index in [-0.39, 0.29) is 18.3 Å². The van der Waals surface area contributed by atoms with Crippen molar-refractivity contribution in [3.63, 3.8) is 0 Å². The number of hydrogen-bond acceptors (Lipinski definition) is 4. The Morgan fingerprint density at radius 1 is 1.29 bits per heavy atom. The number of rotatable bonds is 3. The average Bonchev–Trinajstić information content (AvgIpc) is 2.27. The molecule has 0 unspecified atom stereocenters. The molecular formula is C13H17NO3. The van der Waals surface area contributed by atoms with Crippen LogP contribution < -0.4 is 10.5 Å². The standard InChI is InChI=1S/C13H17NO3/c1-13(2,3)12(16)17-10-6-4-5-9(7-10)11(15)8-14/h4-7H,8,14H2,1-3H3. The van der Waals surface area contributed by atoms with E-state index in [1.807, 2.05) is 0 Å². The number of ketones is 1. The first-order chi connectivity index (χ1) is 7.84. The molecule has 0 heterocycles. The molecule has 4 heteroatoms. The average molecular weight is 235 g/mol. The molecule has 0 aliphatic rings. The molecule has 17 heavy (non-hydrogen) atoms. The van der Waals surface area contributed by atoms with Gasteiger partial charge >= 0.3 is 5.97 Å². The lowest BCUT2D eigenvalue weighted by Gasteiger charge is -2.16. The first-order valence-corrected chi connectivity index (χ1v) is 5.40. The Labute approximate surface area is 101 Å². The Balaban J connectivity index is 2.87. The normalized spacial score (nSPS) is 11.1. The summed E-state index contributed by atoms with van der Waals surface area (Å²) in [4.78, 5) is 23.0. The van der Waals surface area contributed by atoms with Gasteiger partial charge in [0.2, 0.25) is 0 Å². The number of benzene rings is 1. The van der Waals surface area contributed by atoms with Crippen molar-refractivity contribution < 1.29 is 14.3 Å². The number of Topliss-reactive ketones (excluding diaryl/α,β-unsaturated/α-hetero) is 1. The predicted octanol–water partition coefficient (Wildman–Crippen LogP) is 1.78. The van der Waals surface area contributed by atoms with Crippen molar-refractivity contribution in [1.82, 2.24) is 0 Å². The Kier molecular flexibility index (Phi) is 4.02. The van der Waals surface area contributed by atoms with Gasteiger partial charge in [-0.25, -0.2) is 0 Å². The second kappa shape index (κ2) is 5.10. The van der Waals surface area contributed by atoms with Crippen molar-refractivity contribution in [3.8, 4) is 5.75 Å². The molecule has 0 bridgehead atoms. The maximum absolute atomic E-state index is 11.7. The van der Waals surface area contributed by atoms with E-state index in [1.54, 1.807) is 39.0 Å². The molecule has 1 rings (SSSR count). The van der Waals surface area contributed by atoms with Crippen LogP contribution in [0.15, 0.2) is 24.3 Å². The van der Waals surface area contributed by atoms with Crippen LogP contribution >= 0.6 is 0 Å². The zero-order valence-electron chi connectivity index (χ0n) is 10.3. The fourth-order valence-corrected chi connectivity index (χ4v) is 1.11. The van der Waals surface area contributed by atoms with Crippen LogP contribution in [-0.2, 0) is 4.79 Å². The maximum Gasteiger partial charge on any atom is 0.316 e. The van der Waals surface area contributed by atoms with Crippen molar-refractivity contribution >= 4 is 11.8 Å². The summed E-state index contributed by atoms with van der Waals surface area (Å²) >= 11 is 0. The molecule has 0 aliphatic carbocycles. The topological polar surface area (TPSA) is 69.4 Å². The first kappa shape index (κ1) is 13.4. The van der Waals surface area contributed by atoms with Crippen LogP contribution in [-0.4, -0.2) is 18.3 Å². The van der Waals surface area contributed by atoms with Crippen molar-refractivity contribution in [2.45, 2.75) is 20.8 Å². The highest BCUT2D eigenvalue weighted by molar-refractivity contribution is 5.97. The second-order valence-electron chi connectivity index (χ2n) is 4.79. The van der Waals surface area contributed by atoms with Crippen LogP contribution in [0.25, 0.3) is 0 Å². The fourth-order valence-electron chi connectivity index (χ4n) is 1.11. The van der Waals surface area contributed by atoms with Gasteiger partial charge in [-0.05, 0) is 32.9 Å². The second-order valence-corrected chi connectivity index (χ2v) is 4.79. The summed E-state index contributed by atoms with van der Waals surface area (Å²) < 4.78 is 5.18. The molecule has 0 atom stereocenters. The summed E-state index contributed by atoms with van der Waals surface area (Å²) in [5.74, 6) is -0.155. The van der Waals surface area contributed by atoms with Crippen LogP contribution in [0.1, 0.15) is 31.1 Å². The highest BCUT2D eigenvalue weighted by atomic mass is 16.5. The molecule has 0 saturated carbocycles. The lowest BCUT2D eigenvalue weighted by atomic mass is 9.97. The fraction of sp³-hybridized carbons (Fsp3) is 0.385. The van der Waals surface area contributed by atoms with Gasteiger partial charge in [-0.15, -0.1) is 0 Å². The third-order valence-electron chi connectivity index (χ3n) is 2.16. The van der Waals surface area contributed by atoms with Crippen LogP contribution in [0, 0.1) is 5.41 Å². The molecule has 1 aromatic carbocycles. The van der Waals surface area contributed by atoms with E-state index in [0.29, 0.717) is 11.3 Å². The first-order valence-electron chi connectivity index (χ1n) is 5.40. The van der Waals surface area contributed by atoms with Crippen molar-refractivity contribution in [2.24, 2.45) is 11.1 Å². The van der Waals surface area contributed by atoms with Crippen molar-refractivity contribution in [1.29, 1.82) is 0 Å². The van der Waals surface area contributed by atoms with Crippen LogP contribution in [0.3, 0.4) is 0 Å². The number of carbonyl (C=O) groups excluding carboxylic acids is 2. The minimum Gasteiger partial charge on any atom is -0.426 e. The molecule has 0 amide bonds. The third-order valence-corrected chi connectivity index (χ3v) is 2.16. The Morgan fingerprint density at radius 3 is 2.47 bits per heavy atom. The number of esters is 1. The molecule has 0 fully saturated rings.